The van der Waals surface area contributed by atoms with Gasteiger partial charge >= 0.3 is 6.03 Å². The Balaban J connectivity index is 0.938. The third-order valence-electron chi connectivity index (χ3n) is 8.11. The average Bonchev–Trinajstić information content (AvgIpc) is 3.70. The molecule has 248 valence electrons. The molecule has 4 fully saturated rings. The molecule has 3 amide bonds. The molecule has 4 heterocycles. The highest BCUT2D eigenvalue weighted by atomic mass is 32.2. The maximum Gasteiger partial charge on any atom is 0.315 e. The van der Waals surface area contributed by atoms with Crippen LogP contribution in [0.5, 0.6) is 0 Å². The normalized spacial score (nSPS) is 37.0. The number of hydrogen-bond acceptors (Lipinski definition) is 13. The van der Waals surface area contributed by atoms with E-state index in [0.29, 0.717) is 24.8 Å². The number of fused-ring (bicyclic) bond motifs is 1. The minimum Gasteiger partial charge on any atom is -0.394 e. The van der Waals surface area contributed by atoms with Gasteiger partial charge in [0.15, 0.2) is 12.6 Å². The van der Waals surface area contributed by atoms with E-state index in [1.165, 1.54) is 0 Å². The van der Waals surface area contributed by atoms with Crippen molar-refractivity contribution in [2.75, 3.05) is 43.6 Å². The fourth-order valence-electron chi connectivity index (χ4n) is 5.59. The van der Waals surface area contributed by atoms with Crippen LogP contribution in [0.15, 0.2) is 0 Å². The van der Waals surface area contributed by atoms with Crippen LogP contribution in [0.2, 0.25) is 0 Å². The van der Waals surface area contributed by atoms with Gasteiger partial charge in [-0.3, -0.25) is 4.79 Å². The van der Waals surface area contributed by atoms with Crippen molar-refractivity contribution in [3.63, 3.8) is 0 Å². The molecule has 0 aromatic heterocycles. The van der Waals surface area contributed by atoms with Gasteiger partial charge in [0.1, 0.15) is 36.6 Å². The third kappa shape index (κ3) is 10.0. The number of ether oxygens (including phenoxy) is 4. The number of carbonyl (C=O) groups is 2. The molecule has 4 saturated heterocycles. The van der Waals surface area contributed by atoms with Crippen LogP contribution < -0.4 is 16.0 Å². The van der Waals surface area contributed by atoms with Crippen molar-refractivity contribution in [1.29, 1.82) is 0 Å². The van der Waals surface area contributed by atoms with Gasteiger partial charge in [-0.15, -0.1) is 0 Å². The lowest BCUT2D eigenvalue weighted by Gasteiger charge is -2.20. The molecule has 0 bridgehead atoms. The highest BCUT2D eigenvalue weighted by molar-refractivity contribution is 8.00. The first-order chi connectivity index (χ1) is 20.8. The summed E-state index contributed by atoms with van der Waals surface area (Å²) < 4.78 is 21.8. The first-order valence-corrected chi connectivity index (χ1v) is 17.4. The van der Waals surface area contributed by atoms with Crippen molar-refractivity contribution in [3.8, 4) is 0 Å². The minimum absolute atomic E-state index is 0.0676. The van der Waals surface area contributed by atoms with Crippen LogP contribution >= 0.6 is 23.5 Å². The standard InChI is InChI=1S/C27H47N3O11S2/c31-12-16-21(33)23(35)26(40-16)39-13-17-22(34)24(36)25(41-17)38-9-4-1-5-10-42-11-8-28-19(32)7-3-2-6-18-20-15(14-43-18)29-27(37)30-20/h15-18,20-26,31,33-36H,1-14H2,(H,28,32)(H2,29,30,37)/t15-,16+,17+,18-,20-,21+,22+,23-,24-,25-,26-/m0/s1. The van der Waals surface area contributed by atoms with Crippen molar-refractivity contribution in [3.05, 3.63) is 0 Å². The quantitative estimate of drug-likeness (QED) is 0.0600. The molecule has 0 radical (unpaired) electrons. The molecule has 11 atom stereocenters. The molecule has 4 rings (SSSR count). The van der Waals surface area contributed by atoms with E-state index in [4.69, 9.17) is 24.1 Å². The summed E-state index contributed by atoms with van der Waals surface area (Å²) in [4.78, 5) is 23.6. The van der Waals surface area contributed by atoms with Crippen molar-refractivity contribution in [2.24, 2.45) is 0 Å². The molecule has 8 N–H and O–H groups in total. The lowest BCUT2D eigenvalue weighted by atomic mass is 10.0. The Morgan fingerprint density at radius 3 is 2.44 bits per heavy atom. The minimum atomic E-state index is -1.35. The predicted molar refractivity (Wildman–Crippen MR) is 158 cm³/mol. The van der Waals surface area contributed by atoms with E-state index in [-0.39, 0.29) is 30.6 Å². The van der Waals surface area contributed by atoms with E-state index in [1.807, 2.05) is 11.8 Å². The molecule has 14 nitrogen and oxygen atoms in total. The van der Waals surface area contributed by atoms with Crippen molar-refractivity contribution < 1.29 is 54.1 Å². The van der Waals surface area contributed by atoms with E-state index in [2.05, 4.69) is 16.0 Å². The second-order valence-electron chi connectivity index (χ2n) is 11.3. The molecule has 0 spiro atoms. The van der Waals surface area contributed by atoms with Crippen LogP contribution in [0.1, 0.15) is 44.9 Å². The molecule has 43 heavy (non-hydrogen) atoms. The van der Waals surface area contributed by atoms with Gasteiger partial charge in [-0.2, -0.15) is 23.5 Å². The van der Waals surface area contributed by atoms with Crippen LogP contribution in [0, 0.1) is 0 Å². The van der Waals surface area contributed by atoms with Crippen LogP contribution in [0.3, 0.4) is 0 Å². The Morgan fingerprint density at radius 2 is 1.67 bits per heavy atom. The zero-order chi connectivity index (χ0) is 30.8. The summed E-state index contributed by atoms with van der Waals surface area (Å²) in [6.07, 6.45) is -3.18. The summed E-state index contributed by atoms with van der Waals surface area (Å²) in [5.41, 5.74) is 0. The fraction of sp³-hybridized carbons (Fsp3) is 0.926. The van der Waals surface area contributed by atoms with E-state index in [1.54, 1.807) is 11.8 Å². The van der Waals surface area contributed by atoms with Gasteiger partial charge in [0, 0.05) is 36.3 Å². The summed E-state index contributed by atoms with van der Waals surface area (Å²) in [6, 6.07) is 0.387. The summed E-state index contributed by atoms with van der Waals surface area (Å²) in [5, 5.41) is 58.7. The number of amides is 3. The first-order valence-electron chi connectivity index (χ1n) is 15.2. The number of thioether (sulfide) groups is 2. The van der Waals surface area contributed by atoms with Gasteiger partial charge in [-0.25, -0.2) is 4.79 Å². The maximum absolute atomic E-state index is 12.1. The van der Waals surface area contributed by atoms with Gasteiger partial charge in [-0.1, -0.05) is 12.8 Å². The fourth-order valence-corrected chi connectivity index (χ4v) is 7.99. The lowest BCUT2D eigenvalue weighted by Crippen LogP contribution is -2.38. The van der Waals surface area contributed by atoms with Gasteiger partial charge in [0.25, 0.3) is 0 Å². The molecular weight excluding hydrogens is 606 g/mol. The maximum atomic E-state index is 12.1. The van der Waals surface area contributed by atoms with Crippen LogP contribution in [0.4, 0.5) is 4.79 Å². The van der Waals surface area contributed by atoms with Gasteiger partial charge in [-0.05, 0) is 31.4 Å². The van der Waals surface area contributed by atoms with Crippen molar-refractivity contribution in [2.45, 2.75) is 111 Å². The number of rotatable bonds is 19. The van der Waals surface area contributed by atoms with Crippen molar-refractivity contribution in [1.82, 2.24) is 16.0 Å². The Labute approximate surface area is 260 Å². The Morgan fingerprint density at radius 1 is 0.930 bits per heavy atom. The Kier molecular flexibility index (Phi) is 14.4. The monoisotopic (exact) mass is 653 g/mol. The number of nitrogens with one attached hydrogen (secondary N) is 3. The third-order valence-corrected chi connectivity index (χ3v) is 10.7. The van der Waals surface area contributed by atoms with E-state index in [0.717, 1.165) is 55.8 Å². The molecule has 0 unspecified atom stereocenters. The largest absolute Gasteiger partial charge is 0.394 e. The molecule has 0 aromatic rings. The number of unbranched alkanes of at least 4 members (excludes halogenated alkanes) is 3. The average molecular weight is 654 g/mol. The second kappa shape index (κ2) is 17.7. The molecule has 0 aromatic carbocycles. The Hall–Kier alpha value is -0.920. The van der Waals surface area contributed by atoms with Crippen LogP contribution in [0.25, 0.3) is 0 Å². The molecule has 16 heteroatoms. The summed E-state index contributed by atoms with van der Waals surface area (Å²) in [7, 11) is 0. The zero-order valence-corrected chi connectivity index (χ0v) is 25.9. The smallest absolute Gasteiger partial charge is 0.315 e. The molecule has 4 aliphatic rings. The molecule has 4 aliphatic heterocycles. The van der Waals surface area contributed by atoms with Gasteiger partial charge in [0.05, 0.1) is 25.3 Å². The number of aliphatic hydroxyl groups is 5. The lowest BCUT2D eigenvalue weighted by molar-refractivity contribution is -0.206. The molecule has 0 saturated carbocycles. The van der Waals surface area contributed by atoms with Crippen LogP contribution in [-0.4, -0.2) is 148 Å². The zero-order valence-electron chi connectivity index (χ0n) is 24.3. The van der Waals surface area contributed by atoms with Crippen molar-refractivity contribution >= 4 is 35.5 Å². The van der Waals surface area contributed by atoms with E-state index >= 15 is 0 Å². The predicted octanol–water partition coefficient (Wildman–Crippen LogP) is -1.35. The van der Waals surface area contributed by atoms with Crippen LogP contribution in [-0.2, 0) is 23.7 Å². The summed E-state index contributed by atoms with van der Waals surface area (Å²) >= 11 is 3.68. The Bertz CT molecular complexity index is 880. The summed E-state index contributed by atoms with van der Waals surface area (Å²) in [6.45, 7) is 0.314. The molecule has 0 aliphatic carbocycles. The van der Waals surface area contributed by atoms with Gasteiger partial charge < -0.3 is 60.4 Å². The number of hydrogen-bond donors (Lipinski definition) is 8. The highest BCUT2D eigenvalue weighted by Crippen LogP contribution is 2.33. The van der Waals surface area contributed by atoms with E-state index < -0.39 is 55.8 Å². The number of carbonyl (C=O) groups excluding carboxylic acids is 2. The SMILES string of the molecule is O=C(CCCC[C@@H]1SC[C@@H]2NC(=O)N[C@@H]21)NCCSCCCCCO[C@H]1O[C@H](CO[C@H]2O[C@H](CO)[C@@H](O)[C@@H]2O)[C@@H](O)[C@@H]1O. The number of aliphatic hydroxyl groups excluding tert-OH is 5. The molecular formula is C27H47N3O11S2. The topological polar surface area (TPSA) is 208 Å². The first kappa shape index (κ1) is 34.9. The highest BCUT2D eigenvalue weighted by Gasteiger charge is 2.47. The van der Waals surface area contributed by atoms with Gasteiger partial charge in [0.2, 0.25) is 5.91 Å². The number of urea groups is 1. The van der Waals surface area contributed by atoms with E-state index in [9.17, 15) is 30.0 Å². The summed E-state index contributed by atoms with van der Waals surface area (Å²) in [5.74, 6) is 2.85. The second-order valence-corrected chi connectivity index (χ2v) is 13.8.